The van der Waals surface area contributed by atoms with Crippen LogP contribution in [0.2, 0.25) is 0 Å². The first kappa shape index (κ1) is 21.0. The Labute approximate surface area is 176 Å². The van der Waals surface area contributed by atoms with Gasteiger partial charge in [-0.1, -0.05) is 18.2 Å². The van der Waals surface area contributed by atoms with Crippen LogP contribution >= 0.6 is 0 Å². The summed E-state index contributed by atoms with van der Waals surface area (Å²) in [5, 5.41) is 2.54. The Kier molecular flexibility index (Phi) is 6.17. The Morgan fingerprint density at radius 1 is 1.10 bits per heavy atom. The summed E-state index contributed by atoms with van der Waals surface area (Å²) >= 11 is 0. The number of carbonyl (C=O) groups excluding carboxylic acids is 1. The maximum absolute atomic E-state index is 13.0. The molecule has 1 aromatic heterocycles. The molecule has 0 spiro atoms. The van der Waals surface area contributed by atoms with Crippen LogP contribution in [0.25, 0.3) is 0 Å². The molecule has 160 valence electrons. The fraction of sp³-hybridized carbons (Fsp3) is 0.455. The number of anilines is 1. The predicted octanol–water partition coefficient (Wildman–Crippen LogP) is 3.20. The number of ether oxygens (including phenoxy) is 2. The Morgan fingerprint density at radius 2 is 1.80 bits per heavy atom. The highest BCUT2D eigenvalue weighted by Crippen LogP contribution is 2.34. The molecule has 1 saturated heterocycles. The highest BCUT2D eigenvalue weighted by atomic mass is 32.2. The van der Waals surface area contributed by atoms with Crippen molar-refractivity contribution in [2.24, 2.45) is 0 Å². The van der Waals surface area contributed by atoms with E-state index < -0.39 is 15.9 Å². The Balaban J connectivity index is 1.55. The second-order valence-electron chi connectivity index (χ2n) is 7.85. The molecule has 30 heavy (non-hydrogen) atoms. The van der Waals surface area contributed by atoms with E-state index in [1.807, 2.05) is 13.0 Å². The van der Waals surface area contributed by atoms with Gasteiger partial charge in [0.2, 0.25) is 0 Å². The van der Waals surface area contributed by atoms with Crippen molar-refractivity contribution in [1.29, 1.82) is 0 Å². The molecule has 1 aromatic carbocycles. The number of carbonyl (C=O) groups is 1. The van der Waals surface area contributed by atoms with Gasteiger partial charge in [0, 0.05) is 19.4 Å². The minimum Gasteiger partial charge on any atom is -0.381 e. The molecule has 2 heterocycles. The van der Waals surface area contributed by atoms with Crippen molar-refractivity contribution in [2.45, 2.75) is 55.0 Å². The maximum Gasteiger partial charge on any atom is 0.259 e. The number of hydrogen-bond donors (Lipinski definition) is 1. The molecule has 2 fully saturated rings. The van der Waals surface area contributed by atoms with E-state index in [0.717, 1.165) is 5.56 Å². The SMILES string of the molecule is Cc1ccc(NC(=O)C(OC2CCOCC2)c2ccc(S(=O)(=O)C3CC3)cc2)nc1. The Bertz CT molecular complexity index is 979. The van der Waals surface area contributed by atoms with Gasteiger partial charge >= 0.3 is 0 Å². The minimum absolute atomic E-state index is 0.102. The van der Waals surface area contributed by atoms with Crippen LogP contribution < -0.4 is 5.32 Å². The van der Waals surface area contributed by atoms with Crippen molar-refractivity contribution in [3.05, 3.63) is 53.7 Å². The molecular formula is C22H26N2O5S. The molecule has 1 saturated carbocycles. The zero-order chi connectivity index (χ0) is 21.1. The number of amides is 1. The van der Waals surface area contributed by atoms with Crippen molar-refractivity contribution in [3.8, 4) is 0 Å². The summed E-state index contributed by atoms with van der Waals surface area (Å²) in [4.78, 5) is 17.6. The first-order chi connectivity index (χ1) is 14.4. The zero-order valence-corrected chi connectivity index (χ0v) is 17.7. The molecule has 7 nitrogen and oxygen atoms in total. The minimum atomic E-state index is -3.28. The summed E-state index contributed by atoms with van der Waals surface area (Å²) < 4.78 is 36.5. The van der Waals surface area contributed by atoms with Crippen LogP contribution in [0.1, 0.15) is 42.9 Å². The summed E-state index contributed by atoms with van der Waals surface area (Å²) in [6, 6.07) is 10.1. The largest absolute Gasteiger partial charge is 0.381 e. The quantitative estimate of drug-likeness (QED) is 0.725. The predicted molar refractivity (Wildman–Crippen MR) is 112 cm³/mol. The lowest BCUT2D eigenvalue weighted by atomic mass is 10.1. The molecule has 0 bridgehead atoms. The van der Waals surface area contributed by atoms with Gasteiger partial charge in [-0.25, -0.2) is 13.4 Å². The van der Waals surface area contributed by atoms with Gasteiger partial charge in [-0.3, -0.25) is 4.79 Å². The molecule has 1 unspecified atom stereocenters. The van der Waals surface area contributed by atoms with E-state index in [0.29, 0.717) is 55.2 Å². The first-order valence-electron chi connectivity index (χ1n) is 10.2. The monoisotopic (exact) mass is 430 g/mol. The fourth-order valence-corrected chi connectivity index (χ4v) is 5.09. The lowest BCUT2D eigenvalue weighted by molar-refractivity contribution is -0.136. The second-order valence-corrected chi connectivity index (χ2v) is 10.1. The summed E-state index contributed by atoms with van der Waals surface area (Å²) in [6.07, 6.45) is 3.56. The topological polar surface area (TPSA) is 94.6 Å². The number of pyridine rings is 1. The van der Waals surface area contributed by atoms with Crippen molar-refractivity contribution >= 4 is 21.6 Å². The number of sulfone groups is 1. The van der Waals surface area contributed by atoms with E-state index in [9.17, 15) is 13.2 Å². The van der Waals surface area contributed by atoms with Crippen LogP contribution in [0, 0.1) is 6.92 Å². The van der Waals surface area contributed by atoms with E-state index in [1.165, 1.54) is 0 Å². The third-order valence-corrected chi connectivity index (χ3v) is 7.65. The van der Waals surface area contributed by atoms with E-state index in [2.05, 4.69) is 10.3 Å². The number of nitrogens with zero attached hydrogens (tertiary/aromatic N) is 1. The number of benzene rings is 1. The van der Waals surface area contributed by atoms with Crippen LogP contribution in [0.4, 0.5) is 5.82 Å². The first-order valence-corrected chi connectivity index (χ1v) is 11.8. The van der Waals surface area contributed by atoms with Gasteiger partial charge < -0.3 is 14.8 Å². The molecule has 4 rings (SSSR count). The molecule has 2 aromatic rings. The van der Waals surface area contributed by atoms with Crippen LogP contribution in [0.3, 0.4) is 0 Å². The summed E-state index contributed by atoms with van der Waals surface area (Å²) in [6.45, 7) is 3.11. The second kappa shape index (κ2) is 8.83. The van der Waals surface area contributed by atoms with Gasteiger partial charge in [0.25, 0.3) is 5.91 Å². The van der Waals surface area contributed by atoms with Gasteiger partial charge in [0.05, 0.1) is 16.2 Å². The van der Waals surface area contributed by atoms with Crippen molar-refractivity contribution < 1.29 is 22.7 Å². The molecule has 8 heteroatoms. The molecule has 1 amide bonds. The highest BCUT2D eigenvalue weighted by Gasteiger charge is 2.37. The lowest BCUT2D eigenvalue weighted by Crippen LogP contribution is -2.31. The van der Waals surface area contributed by atoms with Crippen LogP contribution in [-0.4, -0.2) is 43.9 Å². The average molecular weight is 431 g/mol. The maximum atomic E-state index is 13.0. The van der Waals surface area contributed by atoms with Crippen LogP contribution in [0.15, 0.2) is 47.5 Å². The summed E-state index contributed by atoms with van der Waals surface area (Å²) in [5.74, 6) is 0.106. The number of hydrogen-bond acceptors (Lipinski definition) is 6. The van der Waals surface area contributed by atoms with Gasteiger partial charge in [0.15, 0.2) is 15.9 Å². The summed E-state index contributed by atoms with van der Waals surface area (Å²) in [7, 11) is -3.28. The normalized spacial score (nSPS) is 18.7. The third kappa shape index (κ3) is 4.88. The molecular weight excluding hydrogens is 404 g/mol. The van der Waals surface area contributed by atoms with Crippen LogP contribution in [0.5, 0.6) is 0 Å². The van der Waals surface area contributed by atoms with E-state index in [4.69, 9.17) is 9.47 Å². The zero-order valence-electron chi connectivity index (χ0n) is 16.9. The van der Waals surface area contributed by atoms with Gasteiger partial charge in [-0.15, -0.1) is 0 Å². The molecule has 1 aliphatic carbocycles. The van der Waals surface area contributed by atoms with Crippen molar-refractivity contribution in [3.63, 3.8) is 0 Å². The van der Waals surface area contributed by atoms with E-state index in [-0.39, 0.29) is 17.3 Å². The standard InChI is InChI=1S/C22H26N2O5S/c1-15-2-9-20(23-14-15)24-22(25)21(29-17-10-12-28-13-11-17)16-3-5-18(6-4-16)30(26,27)19-7-8-19/h2-6,9,14,17,19,21H,7-8,10-13H2,1H3,(H,23,24,25). The van der Waals surface area contributed by atoms with E-state index in [1.54, 1.807) is 36.5 Å². The number of aryl methyl sites for hydroxylation is 1. The van der Waals surface area contributed by atoms with Crippen LogP contribution in [-0.2, 0) is 24.1 Å². The van der Waals surface area contributed by atoms with Crippen molar-refractivity contribution in [1.82, 2.24) is 4.98 Å². The number of nitrogens with one attached hydrogen (secondary N) is 1. The molecule has 1 atom stereocenters. The van der Waals surface area contributed by atoms with E-state index >= 15 is 0 Å². The average Bonchev–Trinajstić information content (AvgIpc) is 3.61. The number of aromatic nitrogens is 1. The van der Waals surface area contributed by atoms with Gasteiger partial charge in [0.1, 0.15) is 5.82 Å². The fourth-order valence-electron chi connectivity index (χ4n) is 3.43. The number of rotatable bonds is 7. The molecule has 0 radical (unpaired) electrons. The smallest absolute Gasteiger partial charge is 0.259 e. The Morgan fingerprint density at radius 3 is 2.40 bits per heavy atom. The Hall–Kier alpha value is -2.29. The van der Waals surface area contributed by atoms with Crippen molar-refractivity contribution in [2.75, 3.05) is 18.5 Å². The van der Waals surface area contributed by atoms with Gasteiger partial charge in [-0.2, -0.15) is 0 Å². The van der Waals surface area contributed by atoms with Gasteiger partial charge in [-0.05, 0) is 61.9 Å². The highest BCUT2D eigenvalue weighted by molar-refractivity contribution is 7.92. The molecule has 1 aliphatic heterocycles. The molecule has 1 N–H and O–H groups in total. The lowest BCUT2D eigenvalue weighted by Gasteiger charge is -2.27. The summed E-state index contributed by atoms with van der Waals surface area (Å²) in [5.41, 5.74) is 1.61. The molecule has 2 aliphatic rings. The third-order valence-electron chi connectivity index (χ3n) is 5.37.